The summed E-state index contributed by atoms with van der Waals surface area (Å²) in [5.41, 5.74) is 4.08. The van der Waals surface area contributed by atoms with Gasteiger partial charge < -0.3 is 0 Å². The summed E-state index contributed by atoms with van der Waals surface area (Å²) in [5.74, 6) is 0. The number of fused-ring (bicyclic) bond motifs is 2. The maximum absolute atomic E-state index is 13.1. The monoisotopic (exact) mass is 466 g/mol. The summed E-state index contributed by atoms with van der Waals surface area (Å²) in [6, 6.07) is 21.3. The van der Waals surface area contributed by atoms with E-state index in [-0.39, 0.29) is 4.90 Å². The molecule has 32 heavy (non-hydrogen) atoms. The van der Waals surface area contributed by atoms with Gasteiger partial charge in [0.2, 0.25) is 0 Å². The predicted molar refractivity (Wildman–Crippen MR) is 127 cm³/mol. The van der Waals surface area contributed by atoms with Crippen molar-refractivity contribution < 1.29 is 16.8 Å². The summed E-state index contributed by atoms with van der Waals surface area (Å²) >= 11 is 0. The van der Waals surface area contributed by atoms with Crippen molar-refractivity contribution in [1.29, 1.82) is 0 Å². The zero-order valence-electron chi connectivity index (χ0n) is 17.3. The molecule has 0 amide bonds. The zero-order valence-corrected chi connectivity index (χ0v) is 18.9. The number of nitrogens with zero attached hydrogens (tertiary/aromatic N) is 2. The van der Waals surface area contributed by atoms with Gasteiger partial charge in [0.05, 0.1) is 21.7 Å². The van der Waals surface area contributed by atoms with E-state index >= 15 is 0 Å². The fourth-order valence-electron chi connectivity index (χ4n) is 4.25. The van der Waals surface area contributed by atoms with Crippen LogP contribution in [-0.4, -0.2) is 29.9 Å². The van der Waals surface area contributed by atoms with Gasteiger partial charge in [-0.1, -0.05) is 48.5 Å². The van der Waals surface area contributed by atoms with E-state index in [1.54, 1.807) is 12.1 Å². The molecule has 0 unspecified atom stereocenters. The van der Waals surface area contributed by atoms with E-state index in [4.69, 9.17) is 0 Å². The van der Waals surface area contributed by atoms with Gasteiger partial charge in [-0.05, 0) is 59.9 Å². The second-order valence-corrected chi connectivity index (χ2v) is 11.4. The quantitative estimate of drug-likeness (QED) is 0.573. The Morgan fingerprint density at radius 1 is 0.656 bits per heavy atom. The Labute approximate surface area is 188 Å². The Morgan fingerprint density at radius 3 is 1.81 bits per heavy atom. The van der Waals surface area contributed by atoms with Crippen molar-refractivity contribution in [2.75, 3.05) is 21.7 Å². The van der Waals surface area contributed by atoms with Crippen molar-refractivity contribution in [1.82, 2.24) is 0 Å². The summed E-state index contributed by atoms with van der Waals surface area (Å²) in [7, 11) is -7.31. The van der Waals surface area contributed by atoms with E-state index in [0.717, 1.165) is 11.1 Å². The van der Waals surface area contributed by atoms with Crippen molar-refractivity contribution in [2.45, 2.75) is 17.7 Å². The van der Waals surface area contributed by atoms with Crippen molar-refractivity contribution in [3.63, 3.8) is 0 Å². The zero-order chi connectivity index (χ0) is 22.3. The molecule has 164 valence electrons. The van der Waals surface area contributed by atoms with Crippen LogP contribution in [0.25, 0.3) is 6.08 Å². The Morgan fingerprint density at radius 2 is 1.19 bits per heavy atom. The minimum absolute atomic E-state index is 0.183. The van der Waals surface area contributed by atoms with Gasteiger partial charge in [-0.3, -0.25) is 8.61 Å². The van der Waals surface area contributed by atoms with Gasteiger partial charge >= 0.3 is 0 Å². The standard InChI is InChI=1S/C24H22N2O4S2/c27-31(28,25-16-13-20-5-1-3-7-23(20)25)18-15-19-9-11-22(12-10-19)32(29,30)26-17-14-21-6-2-4-8-24(21)26/h1-12,15,18H,13-14,16-17H2/b18-15+. The average Bonchev–Trinajstić information content (AvgIpc) is 3.43. The van der Waals surface area contributed by atoms with Crippen molar-refractivity contribution >= 4 is 37.5 Å². The van der Waals surface area contributed by atoms with E-state index in [0.29, 0.717) is 42.9 Å². The van der Waals surface area contributed by atoms with Crippen LogP contribution in [0.2, 0.25) is 0 Å². The molecule has 0 fully saturated rings. The maximum Gasteiger partial charge on any atom is 0.264 e. The molecule has 0 saturated heterocycles. The molecule has 3 aromatic rings. The fraction of sp³-hybridized carbons (Fsp3) is 0.167. The largest absolute Gasteiger partial charge is 0.266 e. The molecule has 0 radical (unpaired) electrons. The molecule has 8 heteroatoms. The lowest BCUT2D eigenvalue weighted by atomic mass is 10.2. The molecule has 0 spiro atoms. The molecular weight excluding hydrogens is 444 g/mol. The molecular formula is C24H22N2O4S2. The Kier molecular flexibility index (Phi) is 5.06. The van der Waals surface area contributed by atoms with E-state index in [1.807, 2.05) is 48.5 Å². The number of anilines is 2. The van der Waals surface area contributed by atoms with E-state index < -0.39 is 20.0 Å². The van der Waals surface area contributed by atoms with Crippen LogP contribution in [0.4, 0.5) is 11.4 Å². The van der Waals surface area contributed by atoms with Crippen molar-refractivity contribution in [3.05, 3.63) is 94.9 Å². The molecule has 2 aliphatic heterocycles. The molecule has 3 aromatic carbocycles. The summed E-state index contributed by atoms with van der Waals surface area (Å²) in [6.07, 6.45) is 2.88. The number of hydrogen-bond donors (Lipinski definition) is 0. The Hall–Kier alpha value is -3.10. The van der Waals surface area contributed by atoms with E-state index in [9.17, 15) is 16.8 Å². The summed E-state index contributed by atoms with van der Waals surface area (Å²) in [5, 5.41) is 1.18. The lowest BCUT2D eigenvalue weighted by Gasteiger charge is -2.19. The van der Waals surface area contributed by atoms with Gasteiger partial charge in [0.25, 0.3) is 20.0 Å². The van der Waals surface area contributed by atoms with Crippen molar-refractivity contribution in [3.8, 4) is 0 Å². The third-order valence-corrected chi connectivity index (χ3v) is 9.20. The first-order valence-electron chi connectivity index (χ1n) is 10.4. The van der Waals surface area contributed by atoms with Crippen LogP contribution < -0.4 is 8.61 Å². The topological polar surface area (TPSA) is 74.8 Å². The maximum atomic E-state index is 13.1. The van der Waals surface area contributed by atoms with Gasteiger partial charge in [0, 0.05) is 13.1 Å². The third kappa shape index (κ3) is 3.59. The average molecular weight is 467 g/mol. The number of rotatable bonds is 5. The molecule has 0 aromatic heterocycles. The minimum atomic E-state index is -3.68. The number of sulfonamides is 2. The van der Waals surface area contributed by atoms with Crippen LogP contribution in [0, 0.1) is 0 Å². The van der Waals surface area contributed by atoms with Gasteiger partial charge in [-0.25, -0.2) is 16.8 Å². The summed E-state index contributed by atoms with van der Waals surface area (Å²) < 4.78 is 54.7. The first-order chi connectivity index (χ1) is 15.4. The molecule has 0 atom stereocenters. The van der Waals surface area contributed by atoms with Gasteiger partial charge in [-0.15, -0.1) is 0 Å². The highest BCUT2D eigenvalue weighted by molar-refractivity contribution is 7.95. The highest BCUT2D eigenvalue weighted by Gasteiger charge is 2.30. The summed E-state index contributed by atoms with van der Waals surface area (Å²) in [4.78, 5) is 0.183. The SMILES string of the molecule is O=S(=O)(/C=C/c1ccc(S(=O)(=O)N2CCc3ccccc32)cc1)N1CCc2ccccc21. The highest BCUT2D eigenvalue weighted by Crippen LogP contribution is 2.33. The smallest absolute Gasteiger partial charge is 0.264 e. The fourth-order valence-corrected chi connectivity index (χ4v) is 7.02. The van der Waals surface area contributed by atoms with E-state index in [1.165, 1.54) is 32.2 Å². The highest BCUT2D eigenvalue weighted by atomic mass is 32.2. The first-order valence-corrected chi connectivity index (χ1v) is 13.3. The Balaban J connectivity index is 1.36. The van der Waals surface area contributed by atoms with Crippen LogP contribution in [0.3, 0.4) is 0 Å². The molecule has 2 heterocycles. The third-order valence-electron chi connectivity index (χ3n) is 5.90. The Bertz CT molecular complexity index is 1410. The molecule has 6 nitrogen and oxygen atoms in total. The number of hydrogen-bond acceptors (Lipinski definition) is 4. The number of benzene rings is 3. The van der Waals surface area contributed by atoms with Crippen LogP contribution in [0.5, 0.6) is 0 Å². The summed E-state index contributed by atoms with van der Waals surface area (Å²) in [6.45, 7) is 0.833. The lowest BCUT2D eigenvalue weighted by molar-refractivity contribution is 0.592. The number of para-hydroxylation sites is 2. The second-order valence-electron chi connectivity index (χ2n) is 7.82. The molecule has 0 saturated carbocycles. The lowest BCUT2D eigenvalue weighted by Crippen LogP contribution is -2.29. The second kappa shape index (κ2) is 7.79. The molecule has 0 bridgehead atoms. The molecule has 0 aliphatic carbocycles. The normalized spacial score (nSPS) is 15.9. The predicted octanol–water partition coefficient (Wildman–Crippen LogP) is 3.80. The molecule has 5 rings (SSSR count). The van der Waals surface area contributed by atoms with Crippen molar-refractivity contribution in [2.24, 2.45) is 0 Å². The minimum Gasteiger partial charge on any atom is -0.266 e. The van der Waals surface area contributed by atoms with Crippen LogP contribution in [-0.2, 0) is 32.9 Å². The molecule has 2 aliphatic rings. The van der Waals surface area contributed by atoms with Gasteiger partial charge in [0.15, 0.2) is 0 Å². The van der Waals surface area contributed by atoms with Crippen LogP contribution >= 0.6 is 0 Å². The van der Waals surface area contributed by atoms with Gasteiger partial charge in [0.1, 0.15) is 0 Å². The van der Waals surface area contributed by atoms with Gasteiger partial charge in [-0.2, -0.15) is 0 Å². The first kappa shape index (κ1) is 20.8. The van der Waals surface area contributed by atoms with Crippen LogP contribution in [0.15, 0.2) is 83.1 Å². The molecule has 0 N–H and O–H groups in total. The van der Waals surface area contributed by atoms with E-state index in [2.05, 4.69) is 0 Å². The van der Waals surface area contributed by atoms with Crippen LogP contribution in [0.1, 0.15) is 16.7 Å².